The Hall–Kier alpha value is -1.53. The molecule has 1 saturated heterocycles. The molecule has 7 heteroatoms. The number of benzene rings is 1. The number of thioether (sulfide) groups is 1. The van der Waals surface area contributed by atoms with E-state index < -0.39 is 12.0 Å². The highest BCUT2D eigenvalue weighted by molar-refractivity contribution is 8.14. The number of aliphatic imine (C=N–C) groups is 1. The summed E-state index contributed by atoms with van der Waals surface area (Å²) in [4.78, 5) is 29.3. The van der Waals surface area contributed by atoms with Crippen molar-refractivity contribution in [2.24, 2.45) is 4.99 Å². The fraction of sp³-hybridized carbons (Fsp3) is 0.250. The maximum atomic E-state index is 12.1. The van der Waals surface area contributed by atoms with E-state index in [0.29, 0.717) is 22.5 Å². The Morgan fingerprint density at radius 2 is 2.05 bits per heavy atom. The van der Waals surface area contributed by atoms with Gasteiger partial charge in [0.15, 0.2) is 5.17 Å². The minimum Gasteiger partial charge on any atom is -0.470 e. The molecule has 1 fully saturated rings. The van der Waals surface area contributed by atoms with Crippen molar-refractivity contribution < 1.29 is 14.3 Å². The van der Waals surface area contributed by atoms with Gasteiger partial charge in [0.2, 0.25) is 0 Å². The second-order valence-electron chi connectivity index (χ2n) is 4.02. The summed E-state index contributed by atoms with van der Waals surface area (Å²) in [5.41, 5.74) is 0. The van der Waals surface area contributed by atoms with E-state index in [2.05, 4.69) is 4.99 Å². The normalized spacial score (nSPS) is 22.3. The molecule has 0 N–H and O–H groups in total. The smallest absolute Gasteiger partial charge is 0.299 e. The van der Waals surface area contributed by atoms with Crippen LogP contribution < -0.4 is 4.74 Å². The van der Waals surface area contributed by atoms with Gasteiger partial charge < -0.3 is 4.74 Å². The first-order chi connectivity index (χ1) is 9.15. The van der Waals surface area contributed by atoms with Gasteiger partial charge in [0.05, 0.1) is 0 Å². The van der Waals surface area contributed by atoms with E-state index in [1.165, 1.54) is 16.7 Å². The Kier molecular flexibility index (Phi) is 3.20. The van der Waals surface area contributed by atoms with Gasteiger partial charge in [-0.2, -0.15) is 4.99 Å². The van der Waals surface area contributed by atoms with E-state index in [1.807, 2.05) is 0 Å². The lowest BCUT2D eigenvalue weighted by Crippen LogP contribution is -2.50. The Balaban J connectivity index is 1.83. The molecule has 0 bridgehead atoms. The molecule has 0 radical (unpaired) electrons. The molecule has 2 aliphatic rings. The molecule has 5 nitrogen and oxygen atoms in total. The number of halogens is 1. The standard InChI is InChI=1S/C12H9ClN2O3S/c13-7-1-3-8(4-2-7)18-9-10(16)14-12-15(11(9)17)5-6-19-12/h1-4,9H,5-6H2. The SMILES string of the molecule is O=C1N=C2SCCN2C(=O)C1Oc1ccc(Cl)cc1. The van der Waals surface area contributed by atoms with Crippen LogP contribution in [0.3, 0.4) is 0 Å². The Bertz CT molecular complexity index is 573. The molecular formula is C12H9ClN2O3S. The molecular weight excluding hydrogens is 288 g/mol. The number of hydrogen-bond donors (Lipinski definition) is 0. The first-order valence-corrected chi connectivity index (χ1v) is 7.00. The topological polar surface area (TPSA) is 59.0 Å². The maximum absolute atomic E-state index is 12.1. The van der Waals surface area contributed by atoms with Gasteiger partial charge in [0, 0.05) is 17.3 Å². The zero-order valence-electron chi connectivity index (χ0n) is 9.71. The largest absolute Gasteiger partial charge is 0.470 e. The van der Waals surface area contributed by atoms with Crippen molar-refractivity contribution in [2.75, 3.05) is 12.3 Å². The second-order valence-corrected chi connectivity index (χ2v) is 5.52. The maximum Gasteiger partial charge on any atom is 0.299 e. The molecule has 1 aromatic carbocycles. The third-order valence-corrected chi connectivity index (χ3v) is 3.97. The average Bonchev–Trinajstić information content (AvgIpc) is 2.85. The van der Waals surface area contributed by atoms with Gasteiger partial charge in [-0.3, -0.25) is 14.5 Å². The van der Waals surface area contributed by atoms with E-state index in [9.17, 15) is 9.59 Å². The van der Waals surface area contributed by atoms with Crippen molar-refractivity contribution in [3.8, 4) is 5.75 Å². The Morgan fingerprint density at radius 3 is 2.79 bits per heavy atom. The number of rotatable bonds is 2. The highest BCUT2D eigenvalue weighted by Gasteiger charge is 2.41. The first-order valence-electron chi connectivity index (χ1n) is 5.64. The minimum absolute atomic E-state index is 0.352. The molecule has 2 amide bonds. The lowest BCUT2D eigenvalue weighted by molar-refractivity contribution is -0.143. The van der Waals surface area contributed by atoms with E-state index in [1.54, 1.807) is 24.3 Å². The first kappa shape index (κ1) is 12.5. The molecule has 0 aromatic heterocycles. The van der Waals surface area contributed by atoms with Crippen LogP contribution in [0.5, 0.6) is 5.75 Å². The Morgan fingerprint density at radius 1 is 1.32 bits per heavy atom. The van der Waals surface area contributed by atoms with Crippen molar-refractivity contribution in [1.82, 2.24) is 4.90 Å². The highest BCUT2D eigenvalue weighted by Crippen LogP contribution is 2.25. The quantitative estimate of drug-likeness (QED) is 0.777. The summed E-state index contributed by atoms with van der Waals surface area (Å²) >= 11 is 7.17. The molecule has 2 aliphatic heterocycles. The van der Waals surface area contributed by atoms with Crippen LogP contribution in [0.1, 0.15) is 0 Å². The van der Waals surface area contributed by atoms with Gasteiger partial charge in [-0.05, 0) is 24.3 Å². The van der Waals surface area contributed by atoms with Crippen molar-refractivity contribution >= 4 is 40.3 Å². The van der Waals surface area contributed by atoms with Gasteiger partial charge in [0.1, 0.15) is 5.75 Å². The summed E-state index contributed by atoms with van der Waals surface area (Å²) in [6.07, 6.45) is -1.19. The molecule has 0 aliphatic carbocycles. The van der Waals surface area contributed by atoms with Gasteiger partial charge in [-0.25, -0.2) is 0 Å². The summed E-state index contributed by atoms with van der Waals surface area (Å²) < 4.78 is 5.43. The zero-order chi connectivity index (χ0) is 13.4. The molecule has 1 atom stereocenters. The van der Waals surface area contributed by atoms with Gasteiger partial charge in [-0.15, -0.1) is 0 Å². The monoisotopic (exact) mass is 296 g/mol. The van der Waals surface area contributed by atoms with Crippen LogP contribution in [0.2, 0.25) is 5.02 Å². The highest BCUT2D eigenvalue weighted by atomic mass is 35.5. The second kappa shape index (κ2) is 4.86. The summed E-state index contributed by atoms with van der Waals surface area (Å²) in [5, 5.41) is 1.04. The molecule has 0 saturated carbocycles. The fourth-order valence-corrected chi connectivity index (χ4v) is 2.92. The summed E-state index contributed by atoms with van der Waals surface area (Å²) in [7, 11) is 0. The number of nitrogens with zero attached hydrogens (tertiary/aromatic N) is 2. The number of hydrogen-bond acceptors (Lipinski definition) is 4. The van der Waals surface area contributed by atoms with E-state index in [0.717, 1.165) is 5.75 Å². The third-order valence-electron chi connectivity index (χ3n) is 2.76. The molecule has 98 valence electrons. The average molecular weight is 297 g/mol. The van der Waals surface area contributed by atoms with Crippen LogP contribution in [-0.2, 0) is 9.59 Å². The Labute approximate surface area is 118 Å². The minimum atomic E-state index is -1.19. The zero-order valence-corrected chi connectivity index (χ0v) is 11.3. The van der Waals surface area contributed by atoms with Crippen molar-refractivity contribution in [1.29, 1.82) is 0 Å². The fourth-order valence-electron chi connectivity index (χ4n) is 1.85. The van der Waals surface area contributed by atoms with E-state index in [4.69, 9.17) is 16.3 Å². The number of amides is 2. The number of amidine groups is 1. The predicted octanol–water partition coefficient (Wildman–Crippen LogP) is 1.56. The summed E-state index contributed by atoms with van der Waals surface area (Å²) in [5.74, 6) is 0.267. The third kappa shape index (κ3) is 2.33. The van der Waals surface area contributed by atoms with Crippen molar-refractivity contribution in [2.45, 2.75) is 6.10 Å². The van der Waals surface area contributed by atoms with Crippen LogP contribution in [0, 0.1) is 0 Å². The molecule has 0 spiro atoms. The summed E-state index contributed by atoms with van der Waals surface area (Å²) in [6, 6.07) is 6.49. The summed E-state index contributed by atoms with van der Waals surface area (Å²) in [6.45, 7) is 0.566. The van der Waals surface area contributed by atoms with Crippen LogP contribution in [-0.4, -0.2) is 40.3 Å². The molecule has 3 rings (SSSR count). The lowest BCUT2D eigenvalue weighted by Gasteiger charge is -2.25. The van der Waals surface area contributed by atoms with E-state index >= 15 is 0 Å². The van der Waals surface area contributed by atoms with Gasteiger partial charge >= 0.3 is 0 Å². The van der Waals surface area contributed by atoms with Crippen molar-refractivity contribution in [3.63, 3.8) is 0 Å². The number of fused-ring (bicyclic) bond motifs is 1. The van der Waals surface area contributed by atoms with Crippen LogP contribution in [0.25, 0.3) is 0 Å². The lowest BCUT2D eigenvalue weighted by atomic mass is 10.2. The van der Waals surface area contributed by atoms with Gasteiger partial charge in [0.25, 0.3) is 17.9 Å². The molecule has 1 unspecified atom stereocenters. The molecule has 19 heavy (non-hydrogen) atoms. The number of carbonyl (C=O) groups excluding carboxylic acids is 2. The molecule has 2 heterocycles. The van der Waals surface area contributed by atoms with Crippen LogP contribution in [0.15, 0.2) is 29.3 Å². The van der Waals surface area contributed by atoms with Crippen LogP contribution in [0.4, 0.5) is 0 Å². The van der Waals surface area contributed by atoms with Gasteiger partial charge in [-0.1, -0.05) is 23.4 Å². The van der Waals surface area contributed by atoms with Crippen molar-refractivity contribution in [3.05, 3.63) is 29.3 Å². The number of ether oxygens (including phenoxy) is 1. The van der Waals surface area contributed by atoms with E-state index in [-0.39, 0.29) is 5.91 Å². The predicted molar refractivity (Wildman–Crippen MR) is 72.5 cm³/mol. The van der Waals surface area contributed by atoms with Crippen LogP contribution >= 0.6 is 23.4 Å². The molecule has 1 aromatic rings. The number of carbonyl (C=O) groups is 2.